The summed E-state index contributed by atoms with van der Waals surface area (Å²) >= 11 is 0. The number of carbonyl (C=O) groups is 1. The third kappa shape index (κ3) is 1.79. The average molecular weight is 205 g/mol. The first-order chi connectivity index (χ1) is 7.18. The van der Waals surface area contributed by atoms with Gasteiger partial charge in [-0.15, -0.1) is 0 Å². The van der Waals surface area contributed by atoms with Crippen molar-refractivity contribution in [2.45, 2.75) is 6.92 Å². The van der Waals surface area contributed by atoms with Gasteiger partial charge in [-0.25, -0.2) is 4.79 Å². The Bertz CT molecular complexity index is 502. The van der Waals surface area contributed by atoms with Crippen molar-refractivity contribution in [2.24, 2.45) is 0 Å². The van der Waals surface area contributed by atoms with Gasteiger partial charge in [0.1, 0.15) is 5.75 Å². The normalized spacial score (nSPS) is 10.5. The topological polar surface area (TPSA) is 62.3 Å². The first-order valence-electron chi connectivity index (χ1n) is 4.60. The van der Waals surface area contributed by atoms with E-state index >= 15 is 0 Å². The number of hydrogen-bond acceptors (Lipinski definition) is 2. The largest absolute Gasteiger partial charge is 0.482 e. The number of benzene rings is 1. The van der Waals surface area contributed by atoms with Crippen LogP contribution < -0.4 is 4.74 Å². The Morgan fingerprint density at radius 2 is 2.27 bits per heavy atom. The maximum atomic E-state index is 10.4. The number of carboxylic acids is 1. The van der Waals surface area contributed by atoms with E-state index in [4.69, 9.17) is 9.84 Å². The smallest absolute Gasteiger partial charge is 0.341 e. The molecule has 2 aromatic rings. The first kappa shape index (κ1) is 9.58. The SMILES string of the molecule is Cc1c(OCC(=O)O)ccc2[nH]ccc12. The second-order valence-electron chi connectivity index (χ2n) is 3.31. The lowest BCUT2D eigenvalue weighted by atomic mass is 10.1. The van der Waals surface area contributed by atoms with Crippen molar-refractivity contribution in [1.29, 1.82) is 0 Å². The third-order valence-electron chi connectivity index (χ3n) is 2.31. The number of aryl methyl sites for hydroxylation is 1. The lowest BCUT2D eigenvalue weighted by Crippen LogP contribution is -2.10. The lowest BCUT2D eigenvalue weighted by molar-refractivity contribution is -0.139. The molecule has 0 aliphatic carbocycles. The molecule has 0 amide bonds. The second kappa shape index (κ2) is 3.65. The summed E-state index contributed by atoms with van der Waals surface area (Å²) in [6, 6.07) is 5.59. The van der Waals surface area contributed by atoms with Crippen molar-refractivity contribution in [3.8, 4) is 5.75 Å². The molecule has 4 heteroatoms. The number of ether oxygens (including phenoxy) is 1. The second-order valence-corrected chi connectivity index (χ2v) is 3.31. The summed E-state index contributed by atoms with van der Waals surface area (Å²) in [5.41, 5.74) is 1.98. The van der Waals surface area contributed by atoms with E-state index in [9.17, 15) is 4.79 Å². The summed E-state index contributed by atoms with van der Waals surface area (Å²) in [5.74, 6) is -0.354. The van der Waals surface area contributed by atoms with Crippen LogP contribution in [-0.2, 0) is 4.79 Å². The Morgan fingerprint density at radius 1 is 1.47 bits per heavy atom. The lowest BCUT2D eigenvalue weighted by Gasteiger charge is -2.07. The number of hydrogen-bond donors (Lipinski definition) is 2. The van der Waals surface area contributed by atoms with Crippen molar-refractivity contribution in [3.63, 3.8) is 0 Å². The molecule has 78 valence electrons. The Morgan fingerprint density at radius 3 is 3.00 bits per heavy atom. The van der Waals surface area contributed by atoms with E-state index in [1.165, 1.54) is 0 Å². The van der Waals surface area contributed by atoms with Crippen molar-refractivity contribution in [1.82, 2.24) is 4.98 Å². The molecule has 1 aromatic carbocycles. The molecule has 0 aliphatic heterocycles. The molecule has 0 radical (unpaired) electrons. The summed E-state index contributed by atoms with van der Waals surface area (Å²) in [6.45, 7) is 1.60. The molecule has 4 nitrogen and oxygen atoms in total. The van der Waals surface area contributed by atoms with Crippen LogP contribution in [0.4, 0.5) is 0 Å². The van der Waals surface area contributed by atoms with E-state index in [0.29, 0.717) is 5.75 Å². The summed E-state index contributed by atoms with van der Waals surface area (Å²) in [6.07, 6.45) is 1.85. The standard InChI is InChI=1S/C11H11NO3/c1-7-8-4-5-12-9(8)2-3-10(7)15-6-11(13)14/h2-5,12H,6H2,1H3,(H,13,14). The van der Waals surface area contributed by atoms with E-state index in [1.54, 1.807) is 6.07 Å². The monoisotopic (exact) mass is 205 g/mol. The zero-order chi connectivity index (χ0) is 10.8. The van der Waals surface area contributed by atoms with Crippen LogP contribution in [-0.4, -0.2) is 22.7 Å². The molecule has 0 unspecified atom stereocenters. The molecular weight excluding hydrogens is 194 g/mol. The Labute approximate surface area is 86.5 Å². The van der Waals surface area contributed by atoms with Gasteiger partial charge in [0.25, 0.3) is 0 Å². The van der Waals surface area contributed by atoms with E-state index in [0.717, 1.165) is 16.5 Å². The Hall–Kier alpha value is -1.97. The molecule has 2 rings (SSSR count). The molecule has 15 heavy (non-hydrogen) atoms. The molecule has 0 spiro atoms. The molecule has 1 aromatic heterocycles. The van der Waals surface area contributed by atoms with Crippen molar-refractivity contribution in [3.05, 3.63) is 30.0 Å². The fourth-order valence-corrected chi connectivity index (χ4v) is 1.56. The highest BCUT2D eigenvalue weighted by atomic mass is 16.5. The predicted octanol–water partition coefficient (Wildman–Crippen LogP) is 1.94. The molecule has 0 bridgehead atoms. The summed E-state index contributed by atoms with van der Waals surface area (Å²) in [4.78, 5) is 13.4. The number of H-pyrrole nitrogens is 1. The Balaban J connectivity index is 2.35. The maximum Gasteiger partial charge on any atom is 0.341 e. The highest BCUT2D eigenvalue weighted by Crippen LogP contribution is 2.26. The minimum absolute atomic E-state index is 0.309. The van der Waals surface area contributed by atoms with Gasteiger partial charge in [-0.1, -0.05) is 0 Å². The van der Waals surface area contributed by atoms with Gasteiger partial charge in [0.2, 0.25) is 0 Å². The van der Waals surface area contributed by atoms with E-state index in [1.807, 2.05) is 25.3 Å². The number of aromatic nitrogens is 1. The van der Waals surface area contributed by atoms with Crippen LogP contribution in [0.5, 0.6) is 5.75 Å². The number of fused-ring (bicyclic) bond motifs is 1. The van der Waals surface area contributed by atoms with Crippen LogP contribution in [0.1, 0.15) is 5.56 Å². The fourth-order valence-electron chi connectivity index (χ4n) is 1.56. The van der Waals surface area contributed by atoms with Crippen LogP contribution in [0.15, 0.2) is 24.4 Å². The van der Waals surface area contributed by atoms with Crippen molar-refractivity contribution in [2.75, 3.05) is 6.61 Å². The van der Waals surface area contributed by atoms with E-state index in [2.05, 4.69) is 4.98 Å². The summed E-state index contributed by atoms with van der Waals surface area (Å²) < 4.78 is 5.16. The molecule has 0 saturated carbocycles. The van der Waals surface area contributed by atoms with Gasteiger partial charge in [0.05, 0.1) is 0 Å². The number of carboxylic acid groups (broad SMARTS) is 1. The minimum Gasteiger partial charge on any atom is -0.482 e. The molecular formula is C11H11NO3. The zero-order valence-electron chi connectivity index (χ0n) is 8.28. The van der Waals surface area contributed by atoms with Crippen LogP contribution in [0.2, 0.25) is 0 Å². The molecule has 2 N–H and O–H groups in total. The van der Waals surface area contributed by atoms with E-state index in [-0.39, 0.29) is 6.61 Å². The number of aromatic amines is 1. The molecule has 0 fully saturated rings. The van der Waals surface area contributed by atoms with Crippen molar-refractivity contribution < 1.29 is 14.6 Å². The fraction of sp³-hybridized carbons (Fsp3) is 0.182. The molecule has 0 saturated heterocycles. The van der Waals surface area contributed by atoms with Gasteiger partial charge >= 0.3 is 5.97 Å². The van der Waals surface area contributed by atoms with Crippen LogP contribution in [0.25, 0.3) is 10.9 Å². The van der Waals surface area contributed by atoms with Gasteiger partial charge < -0.3 is 14.8 Å². The Kier molecular flexibility index (Phi) is 2.33. The van der Waals surface area contributed by atoms with Gasteiger partial charge in [-0.2, -0.15) is 0 Å². The maximum absolute atomic E-state index is 10.4. The highest BCUT2D eigenvalue weighted by molar-refractivity contribution is 5.85. The summed E-state index contributed by atoms with van der Waals surface area (Å²) in [7, 11) is 0. The first-order valence-corrected chi connectivity index (χ1v) is 4.60. The molecule has 0 aliphatic rings. The predicted molar refractivity (Wildman–Crippen MR) is 56.2 cm³/mol. The number of rotatable bonds is 3. The molecule has 1 heterocycles. The third-order valence-corrected chi connectivity index (χ3v) is 2.31. The number of nitrogens with one attached hydrogen (secondary N) is 1. The van der Waals surface area contributed by atoms with Crippen molar-refractivity contribution >= 4 is 16.9 Å². The van der Waals surface area contributed by atoms with Gasteiger partial charge in [0.15, 0.2) is 6.61 Å². The zero-order valence-corrected chi connectivity index (χ0v) is 8.28. The average Bonchev–Trinajstić information content (AvgIpc) is 2.65. The summed E-state index contributed by atoms with van der Waals surface area (Å²) in [5, 5.41) is 9.56. The minimum atomic E-state index is -0.969. The van der Waals surface area contributed by atoms with Gasteiger partial charge in [-0.3, -0.25) is 0 Å². The van der Waals surface area contributed by atoms with Crippen LogP contribution in [0, 0.1) is 6.92 Å². The van der Waals surface area contributed by atoms with Gasteiger partial charge in [0, 0.05) is 22.7 Å². The quantitative estimate of drug-likeness (QED) is 0.804. The van der Waals surface area contributed by atoms with Crippen LogP contribution >= 0.6 is 0 Å². The number of aliphatic carboxylic acids is 1. The highest BCUT2D eigenvalue weighted by Gasteiger charge is 2.06. The molecule has 0 atom stereocenters. The van der Waals surface area contributed by atoms with Crippen LogP contribution in [0.3, 0.4) is 0 Å². The van der Waals surface area contributed by atoms with Gasteiger partial charge in [-0.05, 0) is 25.1 Å². The van der Waals surface area contributed by atoms with E-state index < -0.39 is 5.97 Å².